The Balaban J connectivity index is 2.07. The van der Waals surface area contributed by atoms with Crippen LogP contribution in [0.2, 0.25) is 5.02 Å². The van der Waals surface area contributed by atoms with Gasteiger partial charge in [-0.05, 0) is 48.6 Å². The maximum absolute atomic E-state index is 5.81. The molecule has 0 heterocycles. The molecule has 3 heteroatoms. The standard InChI is InChI=1S/C12H17ClS2/c13-11-5-7-12(8-6-11)15-10-4-2-1-3-9-14/h5-8,14H,1-4,9-10H2. The molecular weight excluding hydrogens is 244 g/mol. The van der Waals surface area contributed by atoms with Gasteiger partial charge in [-0.25, -0.2) is 0 Å². The molecule has 0 nitrogen and oxygen atoms in total. The monoisotopic (exact) mass is 260 g/mol. The lowest BCUT2D eigenvalue weighted by molar-refractivity contribution is 0.712. The van der Waals surface area contributed by atoms with Crippen LogP contribution in [0.5, 0.6) is 0 Å². The van der Waals surface area contributed by atoms with Crippen molar-refractivity contribution in [1.82, 2.24) is 0 Å². The van der Waals surface area contributed by atoms with E-state index in [1.54, 1.807) is 0 Å². The summed E-state index contributed by atoms with van der Waals surface area (Å²) in [6, 6.07) is 8.07. The van der Waals surface area contributed by atoms with Gasteiger partial charge in [-0.1, -0.05) is 24.4 Å². The topological polar surface area (TPSA) is 0 Å². The van der Waals surface area contributed by atoms with Gasteiger partial charge in [0.2, 0.25) is 0 Å². The lowest BCUT2D eigenvalue weighted by atomic mass is 10.2. The normalized spacial score (nSPS) is 10.5. The average molecular weight is 261 g/mol. The van der Waals surface area contributed by atoms with Crippen LogP contribution in [0.25, 0.3) is 0 Å². The highest BCUT2D eigenvalue weighted by atomic mass is 35.5. The molecule has 84 valence electrons. The van der Waals surface area contributed by atoms with Crippen molar-refractivity contribution >= 4 is 36.0 Å². The molecule has 0 amide bonds. The lowest BCUT2D eigenvalue weighted by Crippen LogP contribution is -1.82. The van der Waals surface area contributed by atoms with E-state index in [0.717, 1.165) is 10.8 Å². The zero-order valence-corrected chi connectivity index (χ0v) is 11.3. The van der Waals surface area contributed by atoms with Gasteiger partial charge in [-0.3, -0.25) is 0 Å². The Kier molecular flexibility index (Phi) is 7.41. The number of thiol groups is 1. The molecule has 0 aromatic heterocycles. The Labute approximate surface area is 107 Å². The number of unbranched alkanes of at least 4 members (excludes halogenated alkanes) is 3. The predicted molar refractivity (Wildman–Crippen MR) is 74.5 cm³/mol. The zero-order chi connectivity index (χ0) is 10.9. The maximum atomic E-state index is 5.81. The summed E-state index contributed by atoms with van der Waals surface area (Å²) in [5.41, 5.74) is 0. The Hall–Kier alpha value is 0.210. The van der Waals surface area contributed by atoms with Gasteiger partial charge in [0.25, 0.3) is 0 Å². The molecule has 0 unspecified atom stereocenters. The summed E-state index contributed by atoms with van der Waals surface area (Å²) < 4.78 is 0. The fourth-order valence-corrected chi connectivity index (χ4v) is 2.55. The highest BCUT2D eigenvalue weighted by Gasteiger charge is 1.94. The van der Waals surface area contributed by atoms with Crippen LogP contribution in [0, 0.1) is 0 Å². The second-order valence-corrected chi connectivity index (χ2v) is 5.49. The van der Waals surface area contributed by atoms with Crippen LogP contribution in [-0.2, 0) is 0 Å². The van der Waals surface area contributed by atoms with Crippen molar-refractivity contribution in [3.8, 4) is 0 Å². The van der Waals surface area contributed by atoms with Crippen molar-refractivity contribution in [2.75, 3.05) is 11.5 Å². The van der Waals surface area contributed by atoms with Gasteiger partial charge in [0, 0.05) is 9.92 Å². The smallest absolute Gasteiger partial charge is 0.0406 e. The van der Waals surface area contributed by atoms with Crippen molar-refractivity contribution in [3.63, 3.8) is 0 Å². The predicted octanol–water partition coefficient (Wildman–Crippen LogP) is 4.92. The van der Waals surface area contributed by atoms with E-state index in [4.69, 9.17) is 11.6 Å². The van der Waals surface area contributed by atoms with Gasteiger partial charge < -0.3 is 0 Å². The molecule has 0 spiro atoms. The first-order valence-corrected chi connectivity index (χ1v) is 7.32. The van der Waals surface area contributed by atoms with E-state index in [1.807, 2.05) is 23.9 Å². The molecule has 0 radical (unpaired) electrons. The fourth-order valence-electron chi connectivity index (χ4n) is 1.29. The number of hydrogen-bond donors (Lipinski definition) is 1. The van der Waals surface area contributed by atoms with Crippen LogP contribution in [0.15, 0.2) is 29.2 Å². The first-order chi connectivity index (χ1) is 7.33. The summed E-state index contributed by atoms with van der Waals surface area (Å²) in [4.78, 5) is 1.31. The summed E-state index contributed by atoms with van der Waals surface area (Å²) in [6.07, 6.45) is 5.17. The molecule has 0 saturated carbocycles. The summed E-state index contributed by atoms with van der Waals surface area (Å²) in [6.45, 7) is 0. The van der Waals surface area contributed by atoms with Gasteiger partial charge >= 0.3 is 0 Å². The van der Waals surface area contributed by atoms with E-state index in [-0.39, 0.29) is 0 Å². The molecule has 0 aliphatic carbocycles. The first kappa shape index (κ1) is 13.3. The molecule has 1 aromatic rings. The van der Waals surface area contributed by atoms with Crippen molar-refractivity contribution in [2.24, 2.45) is 0 Å². The first-order valence-electron chi connectivity index (χ1n) is 5.32. The quantitative estimate of drug-likeness (QED) is 0.412. The van der Waals surface area contributed by atoms with Crippen LogP contribution < -0.4 is 0 Å². The molecule has 0 saturated heterocycles. The molecule has 15 heavy (non-hydrogen) atoms. The second-order valence-electron chi connectivity index (χ2n) is 3.44. The summed E-state index contributed by atoms with van der Waals surface area (Å²) >= 11 is 11.9. The third-order valence-corrected chi connectivity index (χ3v) is 3.80. The molecule has 1 rings (SSSR count). The average Bonchev–Trinajstić information content (AvgIpc) is 2.26. The van der Waals surface area contributed by atoms with E-state index in [1.165, 1.54) is 36.3 Å². The van der Waals surface area contributed by atoms with Gasteiger partial charge in [0.1, 0.15) is 0 Å². The zero-order valence-electron chi connectivity index (χ0n) is 8.79. The van der Waals surface area contributed by atoms with Gasteiger partial charge in [0.05, 0.1) is 0 Å². The number of rotatable bonds is 7. The lowest BCUT2D eigenvalue weighted by Gasteiger charge is -2.01. The maximum Gasteiger partial charge on any atom is 0.0406 e. The van der Waals surface area contributed by atoms with Crippen LogP contribution >= 0.6 is 36.0 Å². The number of hydrogen-bond acceptors (Lipinski definition) is 2. The summed E-state index contributed by atoms with van der Waals surface area (Å²) in [5, 5.41) is 0.813. The van der Waals surface area contributed by atoms with E-state index in [0.29, 0.717) is 0 Å². The molecule has 0 atom stereocenters. The van der Waals surface area contributed by atoms with Gasteiger partial charge in [-0.15, -0.1) is 11.8 Å². The Morgan fingerprint density at radius 1 is 1.00 bits per heavy atom. The number of thioether (sulfide) groups is 1. The van der Waals surface area contributed by atoms with Gasteiger partial charge in [0.15, 0.2) is 0 Å². The van der Waals surface area contributed by atoms with Crippen LogP contribution in [0.1, 0.15) is 25.7 Å². The number of benzene rings is 1. The highest BCUT2D eigenvalue weighted by molar-refractivity contribution is 7.99. The molecule has 0 bridgehead atoms. The molecule has 0 aliphatic rings. The molecular formula is C12H17ClS2. The summed E-state index contributed by atoms with van der Waals surface area (Å²) in [5.74, 6) is 2.22. The minimum Gasteiger partial charge on any atom is -0.179 e. The third-order valence-electron chi connectivity index (χ3n) is 2.13. The van der Waals surface area contributed by atoms with Crippen molar-refractivity contribution < 1.29 is 0 Å². The summed E-state index contributed by atoms with van der Waals surface area (Å²) in [7, 11) is 0. The Bertz CT molecular complexity index is 259. The largest absolute Gasteiger partial charge is 0.179 e. The number of halogens is 1. The van der Waals surface area contributed by atoms with E-state index >= 15 is 0 Å². The fraction of sp³-hybridized carbons (Fsp3) is 0.500. The Morgan fingerprint density at radius 3 is 2.33 bits per heavy atom. The van der Waals surface area contributed by atoms with E-state index in [9.17, 15) is 0 Å². The van der Waals surface area contributed by atoms with Crippen molar-refractivity contribution in [1.29, 1.82) is 0 Å². The van der Waals surface area contributed by atoms with Crippen LogP contribution in [0.4, 0.5) is 0 Å². The van der Waals surface area contributed by atoms with Crippen molar-refractivity contribution in [2.45, 2.75) is 30.6 Å². The van der Waals surface area contributed by atoms with E-state index in [2.05, 4.69) is 24.8 Å². The minimum absolute atomic E-state index is 0.813. The van der Waals surface area contributed by atoms with Crippen molar-refractivity contribution in [3.05, 3.63) is 29.3 Å². The van der Waals surface area contributed by atoms with Crippen LogP contribution in [-0.4, -0.2) is 11.5 Å². The third kappa shape index (κ3) is 6.39. The minimum atomic E-state index is 0.813. The van der Waals surface area contributed by atoms with E-state index < -0.39 is 0 Å². The molecule has 0 aliphatic heterocycles. The molecule has 0 fully saturated rings. The molecule has 1 aromatic carbocycles. The second kappa shape index (κ2) is 8.37. The van der Waals surface area contributed by atoms with Gasteiger partial charge in [-0.2, -0.15) is 12.6 Å². The Morgan fingerprint density at radius 2 is 1.67 bits per heavy atom. The van der Waals surface area contributed by atoms with Crippen LogP contribution in [0.3, 0.4) is 0 Å². The SMILES string of the molecule is SCCCCCCSc1ccc(Cl)cc1. The highest BCUT2D eigenvalue weighted by Crippen LogP contribution is 2.21. The molecule has 0 N–H and O–H groups in total.